The molecule has 1 aromatic carbocycles. The normalized spacial score (nSPS) is 13.8. The molecule has 0 heterocycles. The molecule has 11 heteroatoms. The third kappa shape index (κ3) is 25.0. The lowest BCUT2D eigenvalue weighted by Gasteiger charge is -2.30. The van der Waals surface area contributed by atoms with E-state index in [0.29, 0.717) is 59.0 Å². The van der Waals surface area contributed by atoms with Crippen molar-refractivity contribution < 1.29 is 42.9 Å². The first kappa shape index (κ1) is 50.0. The number of hydrogen-bond acceptors (Lipinski definition) is 9. The van der Waals surface area contributed by atoms with Gasteiger partial charge in [-0.1, -0.05) is 106 Å². The highest BCUT2D eigenvalue weighted by atomic mass is 16.6. The Labute approximate surface area is 333 Å². The summed E-state index contributed by atoms with van der Waals surface area (Å²) in [6, 6.07) is 9.59. The minimum atomic E-state index is -0.521. The standard InChI is InChI=1S/C44H76N2O9/c1-14-33(21-36(47)46-28-44(12,13)31-52-30-42(8,9)24-39(50)55-40(3,4)5)26-51-29-41(6,7)22-37(48)45-25-35(15-2)54-32-43(10,11)23-38(49)53-27-34-19-17-16-18-20-34/h16-20,33,35H,14-15,21-32H2,1-13H3,(H,45,48)(H,46,47). The van der Waals surface area contributed by atoms with Crippen molar-refractivity contribution in [1.82, 2.24) is 10.6 Å². The molecule has 1 aromatic rings. The SMILES string of the molecule is CCC(COCC(C)(C)CC(=O)NCC(CC)OCC(C)(C)CC(=O)OCc1ccccc1)CC(=O)NCC(C)(C)COCC(C)(C)CC(=O)OC(C)(C)C. The molecule has 0 saturated carbocycles. The highest BCUT2D eigenvalue weighted by molar-refractivity contribution is 5.77. The van der Waals surface area contributed by atoms with Gasteiger partial charge < -0.3 is 34.3 Å². The Morgan fingerprint density at radius 3 is 1.80 bits per heavy atom. The van der Waals surface area contributed by atoms with Crippen molar-refractivity contribution in [2.24, 2.45) is 27.6 Å². The molecule has 0 aliphatic heterocycles. The maximum absolute atomic E-state index is 12.9. The Hall–Kier alpha value is -3.02. The molecule has 55 heavy (non-hydrogen) atoms. The zero-order valence-electron chi connectivity index (χ0n) is 36.6. The van der Waals surface area contributed by atoms with Crippen molar-refractivity contribution in [2.75, 3.05) is 46.1 Å². The number of carbonyl (C=O) groups excluding carboxylic acids is 4. The van der Waals surface area contributed by atoms with Gasteiger partial charge in [-0.25, -0.2) is 0 Å². The highest BCUT2D eigenvalue weighted by Gasteiger charge is 2.29. The lowest BCUT2D eigenvalue weighted by molar-refractivity contribution is -0.158. The zero-order valence-corrected chi connectivity index (χ0v) is 36.6. The number of ether oxygens (including phenoxy) is 5. The first-order valence-electron chi connectivity index (χ1n) is 20.1. The number of carbonyl (C=O) groups is 4. The largest absolute Gasteiger partial charge is 0.461 e. The molecular formula is C44H76N2O9. The second-order valence-corrected chi connectivity index (χ2v) is 19.3. The van der Waals surface area contributed by atoms with Gasteiger partial charge in [0.05, 0.1) is 45.4 Å². The minimum Gasteiger partial charge on any atom is -0.461 e. The molecule has 0 radical (unpaired) electrons. The maximum Gasteiger partial charge on any atom is 0.306 e. The summed E-state index contributed by atoms with van der Waals surface area (Å²) in [7, 11) is 0. The Bertz CT molecular complexity index is 1300. The molecule has 2 unspecified atom stereocenters. The lowest BCUT2D eigenvalue weighted by Crippen LogP contribution is -2.39. The average molecular weight is 777 g/mol. The summed E-state index contributed by atoms with van der Waals surface area (Å²) in [6.07, 6.45) is 2.45. The summed E-state index contributed by atoms with van der Waals surface area (Å²) in [5.41, 5.74) is -1.06. The number of esters is 2. The Kier molecular flexibility index (Phi) is 21.2. The summed E-state index contributed by atoms with van der Waals surface area (Å²) in [5.74, 6) is -0.577. The van der Waals surface area contributed by atoms with E-state index in [4.69, 9.17) is 23.7 Å². The first-order chi connectivity index (χ1) is 25.3. The van der Waals surface area contributed by atoms with E-state index in [1.165, 1.54) is 0 Å². The van der Waals surface area contributed by atoms with Gasteiger partial charge in [-0.2, -0.15) is 0 Å². The molecule has 2 atom stereocenters. The molecule has 0 bridgehead atoms. The van der Waals surface area contributed by atoms with Crippen LogP contribution >= 0.6 is 0 Å². The van der Waals surface area contributed by atoms with Crippen LogP contribution in [-0.4, -0.2) is 81.6 Å². The minimum absolute atomic E-state index is 0.0357. The summed E-state index contributed by atoms with van der Waals surface area (Å²) in [4.78, 5) is 50.5. The van der Waals surface area contributed by atoms with Crippen molar-refractivity contribution in [3.05, 3.63) is 35.9 Å². The summed E-state index contributed by atoms with van der Waals surface area (Å²) in [5, 5.41) is 6.07. The summed E-state index contributed by atoms with van der Waals surface area (Å²) < 4.78 is 29.1. The number of hydrogen-bond donors (Lipinski definition) is 2. The van der Waals surface area contributed by atoms with Gasteiger partial charge in [0.2, 0.25) is 11.8 Å². The van der Waals surface area contributed by atoms with Crippen LogP contribution in [0.15, 0.2) is 30.3 Å². The molecule has 0 aromatic heterocycles. The van der Waals surface area contributed by atoms with Crippen LogP contribution in [-0.2, 0) is 49.5 Å². The van der Waals surface area contributed by atoms with Gasteiger partial charge in [0, 0.05) is 38.0 Å². The molecule has 0 saturated heterocycles. The molecule has 0 aliphatic rings. The van der Waals surface area contributed by atoms with Gasteiger partial charge in [-0.3, -0.25) is 19.2 Å². The molecule has 1 rings (SSSR count). The van der Waals surface area contributed by atoms with Crippen molar-refractivity contribution >= 4 is 23.8 Å². The molecule has 2 N–H and O–H groups in total. The van der Waals surface area contributed by atoms with Crippen LogP contribution in [0.25, 0.3) is 0 Å². The molecule has 0 aliphatic carbocycles. The van der Waals surface area contributed by atoms with Gasteiger partial charge >= 0.3 is 11.9 Å². The van der Waals surface area contributed by atoms with Crippen molar-refractivity contribution in [3.63, 3.8) is 0 Å². The van der Waals surface area contributed by atoms with E-state index >= 15 is 0 Å². The van der Waals surface area contributed by atoms with Gasteiger partial charge in [0.1, 0.15) is 12.2 Å². The van der Waals surface area contributed by atoms with Crippen LogP contribution < -0.4 is 10.6 Å². The summed E-state index contributed by atoms with van der Waals surface area (Å²) >= 11 is 0. The lowest BCUT2D eigenvalue weighted by atomic mass is 9.89. The monoisotopic (exact) mass is 777 g/mol. The number of nitrogens with one attached hydrogen (secondary N) is 2. The van der Waals surface area contributed by atoms with E-state index in [9.17, 15) is 19.2 Å². The predicted octanol–water partition coefficient (Wildman–Crippen LogP) is 7.82. The van der Waals surface area contributed by atoms with E-state index in [1.807, 2.05) is 120 Å². The molecule has 0 spiro atoms. The van der Waals surface area contributed by atoms with Crippen LogP contribution in [0.3, 0.4) is 0 Å². The number of amides is 2. The molecule has 2 amide bonds. The quantitative estimate of drug-likeness (QED) is 0.0857. The van der Waals surface area contributed by atoms with Crippen LogP contribution in [0.4, 0.5) is 0 Å². The van der Waals surface area contributed by atoms with E-state index in [-0.39, 0.29) is 72.5 Å². The van der Waals surface area contributed by atoms with Gasteiger partial charge in [-0.05, 0) is 54.9 Å². The Morgan fingerprint density at radius 2 is 1.20 bits per heavy atom. The van der Waals surface area contributed by atoms with E-state index in [1.54, 1.807) is 0 Å². The fraction of sp³-hybridized carbons (Fsp3) is 0.773. The van der Waals surface area contributed by atoms with Gasteiger partial charge in [0.25, 0.3) is 0 Å². The first-order valence-corrected chi connectivity index (χ1v) is 20.1. The average Bonchev–Trinajstić information content (AvgIpc) is 3.04. The fourth-order valence-corrected chi connectivity index (χ4v) is 5.64. The molecular weight excluding hydrogens is 700 g/mol. The van der Waals surface area contributed by atoms with E-state index < -0.39 is 16.4 Å². The van der Waals surface area contributed by atoms with Crippen LogP contribution in [0, 0.1) is 27.6 Å². The van der Waals surface area contributed by atoms with E-state index in [2.05, 4.69) is 10.6 Å². The Balaban J connectivity index is 2.38. The fourth-order valence-electron chi connectivity index (χ4n) is 5.64. The van der Waals surface area contributed by atoms with Crippen molar-refractivity contribution in [2.45, 2.75) is 147 Å². The van der Waals surface area contributed by atoms with Crippen LogP contribution in [0.2, 0.25) is 0 Å². The summed E-state index contributed by atoms with van der Waals surface area (Å²) in [6.45, 7) is 28.7. The van der Waals surface area contributed by atoms with Crippen molar-refractivity contribution in [1.29, 1.82) is 0 Å². The van der Waals surface area contributed by atoms with Crippen LogP contribution in [0.1, 0.15) is 134 Å². The molecule has 316 valence electrons. The third-order valence-electron chi connectivity index (χ3n) is 8.89. The maximum atomic E-state index is 12.9. The van der Waals surface area contributed by atoms with Crippen molar-refractivity contribution in [3.8, 4) is 0 Å². The van der Waals surface area contributed by atoms with Crippen LogP contribution in [0.5, 0.6) is 0 Å². The molecule has 0 fully saturated rings. The zero-order chi connectivity index (χ0) is 41.9. The second-order valence-electron chi connectivity index (χ2n) is 19.3. The van der Waals surface area contributed by atoms with Gasteiger partial charge in [-0.15, -0.1) is 0 Å². The number of benzene rings is 1. The highest BCUT2D eigenvalue weighted by Crippen LogP contribution is 2.26. The third-order valence-corrected chi connectivity index (χ3v) is 8.89. The number of rotatable bonds is 27. The van der Waals surface area contributed by atoms with Gasteiger partial charge in [0.15, 0.2) is 0 Å². The molecule has 11 nitrogen and oxygen atoms in total. The Morgan fingerprint density at radius 1 is 0.636 bits per heavy atom. The topological polar surface area (TPSA) is 138 Å². The smallest absolute Gasteiger partial charge is 0.306 e. The second kappa shape index (κ2) is 23.3. The van der Waals surface area contributed by atoms with E-state index in [0.717, 1.165) is 12.0 Å². The predicted molar refractivity (Wildman–Crippen MR) is 217 cm³/mol.